The van der Waals surface area contributed by atoms with Crippen molar-refractivity contribution >= 4 is 11.3 Å². The number of aromatic nitrogens is 1. The van der Waals surface area contributed by atoms with Gasteiger partial charge in [-0.2, -0.15) is 0 Å². The van der Waals surface area contributed by atoms with Gasteiger partial charge >= 0.3 is 0 Å². The molecule has 1 aliphatic rings. The molecule has 2 rings (SSSR count). The van der Waals surface area contributed by atoms with E-state index in [-0.39, 0.29) is 5.54 Å². The third-order valence-corrected chi connectivity index (χ3v) is 5.19. The molecule has 108 valence electrons. The lowest BCUT2D eigenvalue weighted by molar-refractivity contribution is -0.0152. The molecular formula is C14H25N3OS. The zero-order valence-corrected chi connectivity index (χ0v) is 13.0. The number of likely N-dealkylation sites (N-methyl/N-ethyl adjacent to an activating group) is 1. The Hall–Kier alpha value is -0.490. The summed E-state index contributed by atoms with van der Waals surface area (Å²) >= 11 is 1.71. The van der Waals surface area contributed by atoms with Crippen molar-refractivity contribution in [2.45, 2.75) is 50.8 Å². The summed E-state index contributed by atoms with van der Waals surface area (Å²) in [6.07, 6.45) is 4.87. The maximum absolute atomic E-state index is 6.10. The third kappa shape index (κ3) is 3.34. The lowest BCUT2D eigenvalue weighted by atomic mass is 9.79. The van der Waals surface area contributed by atoms with E-state index in [1.807, 2.05) is 0 Å². The molecule has 0 amide bonds. The number of hydrogen-bond acceptors (Lipinski definition) is 5. The van der Waals surface area contributed by atoms with Crippen molar-refractivity contribution in [3.63, 3.8) is 0 Å². The minimum atomic E-state index is 0.0659. The predicted octanol–water partition coefficient (Wildman–Crippen LogP) is 2.17. The van der Waals surface area contributed by atoms with Gasteiger partial charge in [0.1, 0.15) is 0 Å². The predicted molar refractivity (Wildman–Crippen MR) is 79.4 cm³/mol. The van der Waals surface area contributed by atoms with E-state index in [1.165, 1.54) is 6.42 Å². The molecule has 0 radical (unpaired) electrons. The first kappa shape index (κ1) is 14.9. The van der Waals surface area contributed by atoms with Crippen LogP contribution in [0.1, 0.15) is 36.4 Å². The largest absolute Gasteiger partial charge is 0.381 e. The summed E-state index contributed by atoms with van der Waals surface area (Å²) in [7, 11) is 3.97. The highest BCUT2D eigenvalue weighted by Gasteiger charge is 2.38. The standard InChI is InChI=1S/C14H25N3OS/c1-11-16-12(9-19-11)8-17(2)14(10-15)6-4-5-13(7-14)18-3/h9,13H,4-8,10,15H2,1-3H3. The van der Waals surface area contributed by atoms with Crippen LogP contribution in [0.4, 0.5) is 0 Å². The van der Waals surface area contributed by atoms with Crippen LogP contribution < -0.4 is 5.73 Å². The van der Waals surface area contributed by atoms with Crippen LogP contribution in [0.3, 0.4) is 0 Å². The highest BCUT2D eigenvalue weighted by molar-refractivity contribution is 7.09. The Labute approximate surface area is 120 Å². The van der Waals surface area contributed by atoms with Gasteiger partial charge in [0.2, 0.25) is 0 Å². The molecule has 1 heterocycles. The molecule has 1 fully saturated rings. The summed E-state index contributed by atoms with van der Waals surface area (Å²) in [6.45, 7) is 3.61. The van der Waals surface area contributed by atoms with Crippen LogP contribution in [0.5, 0.6) is 0 Å². The Morgan fingerprint density at radius 2 is 2.42 bits per heavy atom. The number of nitrogens with two attached hydrogens (primary N) is 1. The van der Waals surface area contributed by atoms with E-state index in [0.717, 1.165) is 36.5 Å². The van der Waals surface area contributed by atoms with Crippen molar-refractivity contribution in [2.24, 2.45) is 5.73 Å². The summed E-state index contributed by atoms with van der Waals surface area (Å²) < 4.78 is 5.56. The van der Waals surface area contributed by atoms with Crippen LogP contribution in [0.25, 0.3) is 0 Å². The van der Waals surface area contributed by atoms with E-state index in [9.17, 15) is 0 Å². The van der Waals surface area contributed by atoms with Gasteiger partial charge in [0.05, 0.1) is 16.8 Å². The number of methoxy groups -OCH3 is 1. The zero-order chi connectivity index (χ0) is 13.9. The lowest BCUT2D eigenvalue weighted by Gasteiger charge is -2.46. The lowest BCUT2D eigenvalue weighted by Crippen LogP contribution is -2.55. The van der Waals surface area contributed by atoms with Gasteiger partial charge in [-0.3, -0.25) is 4.90 Å². The van der Waals surface area contributed by atoms with Crippen LogP contribution in [0.15, 0.2) is 5.38 Å². The van der Waals surface area contributed by atoms with Gasteiger partial charge in [-0.15, -0.1) is 11.3 Å². The summed E-state index contributed by atoms with van der Waals surface area (Å²) in [5, 5.41) is 3.27. The number of thiazole rings is 1. The summed E-state index contributed by atoms with van der Waals surface area (Å²) in [5.41, 5.74) is 7.32. The van der Waals surface area contributed by atoms with E-state index >= 15 is 0 Å². The molecule has 1 aromatic heterocycles. The normalized spacial score (nSPS) is 27.9. The molecule has 2 unspecified atom stereocenters. The molecule has 0 saturated heterocycles. The van der Waals surface area contributed by atoms with Crippen molar-refractivity contribution in [3.05, 3.63) is 16.1 Å². The number of rotatable bonds is 5. The van der Waals surface area contributed by atoms with Crippen LogP contribution in [0.2, 0.25) is 0 Å². The highest BCUT2D eigenvalue weighted by atomic mass is 32.1. The first-order valence-electron chi connectivity index (χ1n) is 6.95. The quantitative estimate of drug-likeness (QED) is 0.900. The van der Waals surface area contributed by atoms with Crippen molar-refractivity contribution in [1.29, 1.82) is 0 Å². The molecule has 1 aliphatic carbocycles. The average molecular weight is 283 g/mol. The van der Waals surface area contributed by atoms with Crippen molar-refractivity contribution in [2.75, 3.05) is 20.7 Å². The minimum Gasteiger partial charge on any atom is -0.381 e. The topological polar surface area (TPSA) is 51.4 Å². The molecular weight excluding hydrogens is 258 g/mol. The zero-order valence-electron chi connectivity index (χ0n) is 12.2. The van der Waals surface area contributed by atoms with Gasteiger partial charge in [0, 0.05) is 31.1 Å². The molecule has 0 bridgehead atoms. The van der Waals surface area contributed by atoms with Crippen LogP contribution in [-0.2, 0) is 11.3 Å². The summed E-state index contributed by atoms with van der Waals surface area (Å²) in [4.78, 5) is 6.94. The molecule has 19 heavy (non-hydrogen) atoms. The van der Waals surface area contributed by atoms with E-state index in [4.69, 9.17) is 10.5 Å². The first-order valence-corrected chi connectivity index (χ1v) is 7.83. The van der Waals surface area contributed by atoms with Gasteiger partial charge in [0.15, 0.2) is 0 Å². The maximum Gasteiger partial charge on any atom is 0.0897 e. The Kier molecular flexibility index (Phi) is 4.95. The smallest absolute Gasteiger partial charge is 0.0897 e. The van der Waals surface area contributed by atoms with Gasteiger partial charge in [-0.25, -0.2) is 4.98 Å². The molecule has 1 saturated carbocycles. The Morgan fingerprint density at radius 3 is 3.00 bits per heavy atom. The van der Waals surface area contributed by atoms with Crippen molar-refractivity contribution < 1.29 is 4.74 Å². The second kappa shape index (κ2) is 6.31. The molecule has 0 spiro atoms. The highest BCUT2D eigenvalue weighted by Crippen LogP contribution is 2.34. The fraction of sp³-hybridized carbons (Fsp3) is 0.786. The monoisotopic (exact) mass is 283 g/mol. The van der Waals surface area contributed by atoms with Crippen molar-refractivity contribution in [3.8, 4) is 0 Å². The molecule has 0 aliphatic heterocycles. The second-order valence-electron chi connectivity index (χ2n) is 5.60. The van der Waals surface area contributed by atoms with Crippen LogP contribution >= 0.6 is 11.3 Å². The summed E-state index contributed by atoms with van der Waals surface area (Å²) in [5.74, 6) is 0. The molecule has 1 aromatic rings. The van der Waals surface area contributed by atoms with E-state index in [1.54, 1.807) is 18.4 Å². The van der Waals surface area contributed by atoms with Crippen LogP contribution in [-0.4, -0.2) is 42.2 Å². The third-order valence-electron chi connectivity index (χ3n) is 4.36. The average Bonchev–Trinajstić information content (AvgIpc) is 2.84. The minimum absolute atomic E-state index is 0.0659. The van der Waals surface area contributed by atoms with Gasteiger partial charge in [0.25, 0.3) is 0 Å². The Morgan fingerprint density at radius 1 is 1.63 bits per heavy atom. The Balaban J connectivity index is 2.07. The van der Waals surface area contributed by atoms with E-state index in [0.29, 0.717) is 12.6 Å². The molecule has 4 nitrogen and oxygen atoms in total. The molecule has 0 aromatic carbocycles. The van der Waals surface area contributed by atoms with E-state index < -0.39 is 0 Å². The SMILES string of the molecule is COC1CCCC(CN)(N(C)Cc2csc(C)n2)C1. The maximum atomic E-state index is 6.10. The molecule has 2 atom stereocenters. The van der Waals surface area contributed by atoms with Gasteiger partial charge in [-0.1, -0.05) is 0 Å². The van der Waals surface area contributed by atoms with Crippen molar-refractivity contribution in [1.82, 2.24) is 9.88 Å². The Bertz CT molecular complexity index is 409. The van der Waals surface area contributed by atoms with Gasteiger partial charge in [-0.05, 0) is 39.7 Å². The van der Waals surface area contributed by atoms with E-state index in [2.05, 4.69) is 29.2 Å². The first-order chi connectivity index (χ1) is 9.09. The fourth-order valence-corrected chi connectivity index (χ4v) is 3.67. The fourth-order valence-electron chi connectivity index (χ4n) is 3.07. The molecule has 5 heteroatoms. The van der Waals surface area contributed by atoms with Crippen LogP contribution in [0, 0.1) is 6.92 Å². The number of nitrogens with zero attached hydrogens (tertiary/aromatic N) is 2. The van der Waals surface area contributed by atoms with Gasteiger partial charge < -0.3 is 10.5 Å². The number of ether oxygens (including phenoxy) is 1. The number of hydrogen-bond donors (Lipinski definition) is 1. The number of aryl methyl sites for hydroxylation is 1. The second-order valence-corrected chi connectivity index (χ2v) is 6.66. The summed E-state index contributed by atoms with van der Waals surface area (Å²) in [6, 6.07) is 0. The molecule has 2 N–H and O–H groups in total.